The Kier molecular flexibility index (Phi) is 15.4. The first-order chi connectivity index (χ1) is 9.35. The third-order valence-electron chi connectivity index (χ3n) is 3.53. The molecule has 2 nitrogen and oxygen atoms in total. The van der Waals surface area contributed by atoms with Gasteiger partial charge in [-0.25, -0.2) is 0 Å². The van der Waals surface area contributed by atoms with Gasteiger partial charge in [0, 0.05) is 0 Å². The van der Waals surface area contributed by atoms with Gasteiger partial charge in [0.05, 0.1) is 19.3 Å². The molecule has 0 aromatic rings. The van der Waals surface area contributed by atoms with Crippen LogP contribution in [0.25, 0.3) is 0 Å². The first kappa shape index (κ1) is 18.7. The van der Waals surface area contributed by atoms with Crippen LogP contribution in [0.3, 0.4) is 0 Å². The molecule has 0 aromatic carbocycles. The van der Waals surface area contributed by atoms with E-state index in [9.17, 15) is 0 Å². The Morgan fingerprint density at radius 1 is 0.947 bits per heavy atom. The highest BCUT2D eigenvalue weighted by Gasteiger charge is 2.05. The van der Waals surface area contributed by atoms with E-state index in [0.717, 1.165) is 12.8 Å². The van der Waals surface area contributed by atoms with Crippen molar-refractivity contribution in [2.45, 2.75) is 83.7 Å². The molecule has 0 aliphatic heterocycles. The monoisotopic (exact) mass is 270 g/mol. The molecule has 0 spiro atoms. The van der Waals surface area contributed by atoms with Crippen LogP contribution >= 0.6 is 0 Å². The first-order valence-electron chi connectivity index (χ1n) is 8.18. The fraction of sp³-hybridized carbons (Fsp3) is 0.882. The lowest BCUT2D eigenvalue weighted by Crippen LogP contribution is -2.17. The summed E-state index contributed by atoms with van der Waals surface area (Å²) in [5, 5.41) is 9.14. The zero-order valence-electron chi connectivity index (χ0n) is 12.9. The number of ether oxygens (including phenoxy) is 1. The van der Waals surface area contributed by atoms with Gasteiger partial charge in [0.25, 0.3) is 0 Å². The molecule has 1 unspecified atom stereocenters. The van der Waals surface area contributed by atoms with Gasteiger partial charge in [-0.15, -0.1) is 6.58 Å². The van der Waals surface area contributed by atoms with Crippen molar-refractivity contribution in [3.63, 3.8) is 0 Å². The zero-order chi connectivity index (χ0) is 14.2. The summed E-state index contributed by atoms with van der Waals surface area (Å²) in [6, 6.07) is 0. The summed E-state index contributed by atoms with van der Waals surface area (Å²) in [6.45, 7) is 6.55. The smallest absolute Gasteiger partial charge is 0.0810 e. The minimum atomic E-state index is 0.00652. The van der Waals surface area contributed by atoms with Crippen LogP contribution in [0.5, 0.6) is 0 Å². The second kappa shape index (κ2) is 15.7. The second-order valence-corrected chi connectivity index (χ2v) is 5.40. The first-order valence-corrected chi connectivity index (χ1v) is 8.18. The molecule has 2 heteroatoms. The third kappa shape index (κ3) is 13.9. The van der Waals surface area contributed by atoms with Crippen LogP contribution in [0.15, 0.2) is 12.7 Å². The normalized spacial score (nSPS) is 12.5. The van der Waals surface area contributed by atoms with Gasteiger partial charge in [0.1, 0.15) is 0 Å². The summed E-state index contributed by atoms with van der Waals surface area (Å²) in [6.07, 6.45) is 16.2. The molecule has 0 heterocycles. The fourth-order valence-electron chi connectivity index (χ4n) is 2.29. The number of hydrogen-bond acceptors (Lipinski definition) is 2. The molecule has 0 radical (unpaired) electrons. The highest BCUT2D eigenvalue weighted by molar-refractivity contribution is 4.66. The van der Waals surface area contributed by atoms with Gasteiger partial charge in [0.2, 0.25) is 0 Å². The maximum Gasteiger partial charge on any atom is 0.0810 e. The molecular formula is C17H34O2. The summed E-state index contributed by atoms with van der Waals surface area (Å²) in [5.41, 5.74) is 0. The number of unbranched alkanes of at least 4 members (excludes halogenated alkanes) is 9. The van der Waals surface area contributed by atoms with Gasteiger partial charge in [0.15, 0.2) is 0 Å². The van der Waals surface area contributed by atoms with Crippen LogP contribution in [-0.4, -0.2) is 24.4 Å². The molecule has 19 heavy (non-hydrogen) atoms. The average Bonchev–Trinajstić information content (AvgIpc) is 2.44. The van der Waals surface area contributed by atoms with Gasteiger partial charge in [-0.3, -0.25) is 0 Å². The highest BCUT2D eigenvalue weighted by atomic mass is 16.5. The quantitative estimate of drug-likeness (QED) is 0.340. The van der Waals surface area contributed by atoms with E-state index in [2.05, 4.69) is 13.5 Å². The summed E-state index contributed by atoms with van der Waals surface area (Å²) >= 11 is 0. The molecule has 0 aliphatic carbocycles. The van der Waals surface area contributed by atoms with E-state index in [1.54, 1.807) is 6.08 Å². The van der Waals surface area contributed by atoms with E-state index < -0.39 is 0 Å². The number of aliphatic hydroxyl groups is 1. The topological polar surface area (TPSA) is 29.5 Å². The van der Waals surface area contributed by atoms with E-state index in [1.807, 2.05) is 0 Å². The van der Waals surface area contributed by atoms with E-state index in [-0.39, 0.29) is 12.7 Å². The summed E-state index contributed by atoms with van der Waals surface area (Å²) in [4.78, 5) is 0. The van der Waals surface area contributed by atoms with Crippen LogP contribution in [0.2, 0.25) is 0 Å². The summed E-state index contributed by atoms with van der Waals surface area (Å²) < 4.78 is 5.45. The molecule has 0 aliphatic rings. The lowest BCUT2D eigenvalue weighted by Gasteiger charge is -2.13. The van der Waals surface area contributed by atoms with Crippen molar-refractivity contribution >= 4 is 0 Å². The Morgan fingerprint density at radius 3 is 1.95 bits per heavy atom. The number of aliphatic hydroxyl groups excluding tert-OH is 1. The Morgan fingerprint density at radius 2 is 1.47 bits per heavy atom. The van der Waals surface area contributed by atoms with Crippen molar-refractivity contribution in [1.29, 1.82) is 0 Å². The third-order valence-corrected chi connectivity index (χ3v) is 3.53. The molecular weight excluding hydrogens is 236 g/mol. The molecule has 1 N–H and O–H groups in total. The van der Waals surface area contributed by atoms with E-state index >= 15 is 0 Å². The van der Waals surface area contributed by atoms with Gasteiger partial charge >= 0.3 is 0 Å². The Hall–Kier alpha value is -0.340. The van der Waals surface area contributed by atoms with E-state index in [1.165, 1.54) is 57.8 Å². The van der Waals surface area contributed by atoms with Crippen LogP contribution < -0.4 is 0 Å². The molecule has 0 aromatic heterocycles. The minimum Gasteiger partial charge on any atom is -0.394 e. The predicted molar refractivity (Wildman–Crippen MR) is 83.5 cm³/mol. The van der Waals surface area contributed by atoms with Crippen LogP contribution in [0.4, 0.5) is 0 Å². The SMILES string of the molecule is C=CCOC(CO)CCCCCCCCCCCC. The molecule has 0 bridgehead atoms. The molecule has 0 amide bonds. The van der Waals surface area contributed by atoms with Crippen molar-refractivity contribution in [3.05, 3.63) is 12.7 Å². The van der Waals surface area contributed by atoms with Crippen LogP contribution in [0.1, 0.15) is 77.6 Å². The second-order valence-electron chi connectivity index (χ2n) is 5.40. The molecule has 1 atom stereocenters. The largest absolute Gasteiger partial charge is 0.394 e. The predicted octanol–water partition coefficient (Wildman–Crippen LogP) is 4.86. The number of rotatable bonds is 15. The Labute approximate surface area is 120 Å². The Balaban J connectivity index is 3.18. The molecule has 0 saturated carbocycles. The van der Waals surface area contributed by atoms with Gasteiger partial charge in [-0.1, -0.05) is 77.2 Å². The van der Waals surface area contributed by atoms with Gasteiger partial charge < -0.3 is 9.84 Å². The highest BCUT2D eigenvalue weighted by Crippen LogP contribution is 2.12. The molecule has 114 valence electrons. The van der Waals surface area contributed by atoms with Crippen molar-refractivity contribution in [3.8, 4) is 0 Å². The van der Waals surface area contributed by atoms with Crippen LogP contribution in [-0.2, 0) is 4.74 Å². The van der Waals surface area contributed by atoms with E-state index in [0.29, 0.717) is 6.61 Å². The van der Waals surface area contributed by atoms with Crippen molar-refractivity contribution < 1.29 is 9.84 Å². The van der Waals surface area contributed by atoms with Crippen LogP contribution in [0, 0.1) is 0 Å². The lowest BCUT2D eigenvalue weighted by atomic mass is 10.0. The summed E-state index contributed by atoms with van der Waals surface area (Å²) in [7, 11) is 0. The molecule has 0 fully saturated rings. The van der Waals surface area contributed by atoms with Crippen molar-refractivity contribution in [2.75, 3.05) is 13.2 Å². The Bertz CT molecular complexity index is 180. The molecule has 0 rings (SSSR count). The van der Waals surface area contributed by atoms with Gasteiger partial charge in [-0.05, 0) is 6.42 Å². The summed E-state index contributed by atoms with van der Waals surface area (Å²) in [5.74, 6) is 0. The zero-order valence-corrected chi connectivity index (χ0v) is 12.9. The fourth-order valence-corrected chi connectivity index (χ4v) is 2.29. The lowest BCUT2D eigenvalue weighted by molar-refractivity contribution is 0.0217. The maximum absolute atomic E-state index is 9.14. The minimum absolute atomic E-state index is 0.00652. The number of hydrogen-bond donors (Lipinski definition) is 1. The van der Waals surface area contributed by atoms with Gasteiger partial charge in [-0.2, -0.15) is 0 Å². The van der Waals surface area contributed by atoms with E-state index in [4.69, 9.17) is 9.84 Å². The maximum atomic E-state index is 9.14. The van der Waals surface area contributed by atoms with Crippen molar-refractivity contribution in [2.24, 2.45) is 0 Å². The van der Waals surface area contributed by atoms with Crippen molar-refractivity contribution in [1.82, 2.24) is 0 Å². The standard InChI is InChI=1S/C17H34O2/c1-3-5-6-7-8-9-10-11-12-13-14-17(16-18)19-15-4-2/h4,17-18H,2-3,5-16H2,1H3. The average molecular weight is 270 g/mol. The molecule has 0 saturated heterocycles.